The standard InChI is InChI=1S/C20H16N4O5/c25-19(13-29-17-10-4-3-9-16(17)24(27)28)22-15-8-2-1-7-14(15)20(26)23-18-11-5-6-12-21-18/h1-12H,13H2,(H,22,25)(H,21,23,26). The maximum absolute atomic E-state index is 12.5. The van der Waals surface area contributed by atoms with Crippen molar-refractivity contribution < 1.29 is 19.2 Å². The van der Waals surface area contributed by atoms with Gasteiger partial charge in [-0.2, -0.15) is 0 Å². The van der Waals surface area contributed by atoms with Crippen LogP contribution in [0.4, 0.5) is 17.2 Å². The average molecular weight is 392 g/mol. The molecule has 9 heteroatoms. The zero-order valence-electron chi connectivity index (χ0n) is 15.1. The predicted molar refractivity (Wildman–Crippen MR) is 106 cm³/mol. The quantitative estimate of drug-likeness (QED) is 0.470. The fraction of sp³-hybridized carbons (Fsp3) is 0.0500. The van der Waals surface area contributed by atoms with E-state index in [1.54, 1.807) is 54.7 Å². The van der Waals surface area contributed by atoms with Crippen molar-refractivity contribution in [2.45, 2.75) is 0 Å². The van der Waals surface area contributed by atoms with Gasteiger partial charge in [0.25, 0.3) is 11.8 Å². The highest BCUT2D eigenvalue weighted by molar-refractivity contribution is 6.09. The maximum Gasteiger partial charge on any atom is 0.310 e. The summed E-state index contributed by atoms with van der Waals surface area (Å²) >= 11 is 0. The van der Waals surface area contributed by atoms with Crippen molar-refractivity contribution in [2.75, 3.05) is 17.2 Å². The summed E-state index contributed by atoms with van der Waals surface area (Å²) in [4.78, 5) is 39.2. The number of hydrogen-bond acceptors (Lipinski definition) is 6. The molecule has 0 saturated carbocycles. The summed E-state index contributed by atoms with van der Waals surface area (Å²) in [5.74, 6) is -0.660. The van der Waals surface area contributed by atoms with E-state index in [-0.39, 0.29) is 22.7 Å². The van der Waals surface area contributed by atoms with E-state index in [1.807, 2.05) is 0 Å². The van der Waals surface area contributed by atoms with Crippen LogP contribution in [0.3, 0.4) is 0 Å². The number of carbonyl (C=O) groups excluding carboxylic acids is 2. The Balaban J connectivity index is 1.67. The largest absolute Gasteiger partial charge is 0.477 e. The highest BCUT2D eigenvalue weighted by Gasteiger charge is 2.17. The minimum absolute atomic E-state index is 0.0196. The third-order valence-corrected chi connectivity index (χ3v) is 3.77. The molecule has 2 amide bonds. The lowest BCUT2D eigenvalue weighted by Gasteiger charge is -2.12. The molecule has 1 aromatic heterocycles. The SMILES string of the molecule is O=C(COc1ccccc1[N+](=O)[O-])Nc1ccccc1C(=O)Nc1ccccn1. The molecule has 0 saturated heterocycles. The molecule has 1 heterocycles. The highest BCUT2D eigenvalue weighted by atomic mass is 16.6. The fourth-order valence-corrected chi connectivity index (χ4v) is 2.47. The average Bonchev–Trinajstić information content (AvgIpc) is 2.73. The number of carbonyl (C=O) groups is 2. The second-order valence-electron chi connectivity index (χ2n) is 5.78. The van der Waals surface area contributed by atoms with Crippen molar-refractivity contribution >= 4 is 29.0 Å². The van der Waals surface area contributed by atoms with Crippen molar-refractivity contribution in [3.8, 4) is 5.75 Å². The molecule has 0 unspecified atom stereocenters. The molecule has 0 fully saturated rings. The molecule has 0 aliphatic carbocycles. The van der Waals surface area contributed by atoms with Crippen LogP contribution < -0.4 is 15.4 Å². The van der Waals surface area contributed by atoms with Crippen LogP contribution in [0, 0.1) is 10.1 Å². The van der Waals surface area contributed by atoms with Gasteiger partial charge in [-0.15, -0.1) is 0 Å². The number of pyridine rings is 1. The van der Waals surface area contributed by atoms with Crippen LogP contribution in [0.15, 0.2) is 72.9 Å². The number of rotatable bonds is 7. The van der Waals surface area contributed by atoms with Crippen LogP contribution >= 0.6 is 0 Å². The number of nitro groups is 1. The Morgan fingerprint density at radius 2 is 1.69 bits per heavy atom. The Morgan fingerprint density at radius 1 is 0.966 bits per heavy atom. The third-order valence-electron chi connectivity index (χ3n) is 3.77. The summed E-state index contributed by atoms with van der Waals surface area (Å²) in [5, 5.41) is 16.2. The fourth-order valence-electron chi connectivity index (χ4n) is 2.47. The lowest BCUT2D eigenvalue weighted by Crippen LogP contribution is -2.23. The first-order valence-electron chi connectivity index (χ1n) is 8.52. The molecule has 0 bridgehead atoms. The molecule has 3 rings (SSSR count). The summed E-state index contributed by atoms with van der Waals surface area (Å²) in [6.07, 6.45) is 1.55. The minimum atomic E-state index is -0.593. The van der Waals surface area contributed by atoms with E-state index in [4.69, 9.17) is 4.74 Å². The second kappa shape index (κ2) is 9.09. The highest BCUT2D eigenvalue weighted by Crippen LogP contribution is 2.25. The van der Waals surface area contributed by atoms with Crippen LogP contribution in [-0.2, 0) is 4.79 Å². The van der Waals surface area contributed by atoms with Crippen molar-refractivity contribution in [3.05, 3.63) is 88.6 Å². The number of benzene rings is 2. The van der Waals surface area contributed by atoms with Crippen LogP contribution in [0.25, 0.3) is 0 Å². The van der Waals surface area contributed by atoms with E-state index >= 15 is 0 Å². The predicted octanol–water partition coefficient (Wildman–Crippen LogP) is 3.26. The maximum atomic E-state index is 12.5. The monoisotopic (exact) mass is 392 g/mol. The van der Waals surface area contributed by atoms with Crippen molar-refractivity contribution in [1.82, 2.24) is 4.98 Å². The van der Waals surface area contributed by atoms with E-state index < -0.39 is 23.3 Å². The van der Waals surface area contributed by atoms with Crippen LogP contribution in [0.2, 0.25) is 0 Å². The molecule has 146 valence electrons. The number of nitrogens with one attached hydrogen (secondary N) is 2. The van der Waals surface area contributed by atoms with Gasteiger partial charge in [0.05, 0.1) is 16.2 Å². The first kappa shape index (κ1) is 19.5. The lowest BCUT2D eigenvalue weighted by atomic mass is 10.1. The molecule has 0 spiro atoms. The lowest BCUT2D eigenvalue weighted by molar-refractivity contribution is -0.385. The Morgan fingerprint density at radius 3 is 2.45 bits per heavy atom. The van der Waals surface area contributed by atoms with Crippen LogP contribution in [-0.4, -0.2) is 28.3 Å². The number of amides is 2. The molecule has 3 aromatic rings. The molecule has 0 radical (unpaired) electrons. The van der Waals surface area contributed by atoms with Gasteiger partial charge >= 0.3 is 5.69 Å². The molecule has 9 nitrogen and oxygen atoms in total. The molecular weight excluding hydrogens is 376 g/mol. The van der Waals surface area contributed by atoms with Gasteiger partial charge in [-0.3, -0.25) is 19.7 Å². The summed E-state index contributed by atoms with van der Waals surface area (Å²) in [6, 6.07) is 17.3. The second-order valence-corrected chi connectivity index (χ2v) is 5.78. The van der Waals surface area contributed by atoms with E-state index in [0.29, 0.717) is 5.82 Å². The molecule has 2 aromatic carbocycles. The van der Waals surface area contributed by atoms with Gasteiger partial charge in [0.1, 0.15) is 5.82 Å². The number of para-hydroxylation sites is 3. The number of nitrogens with zero attached hydrogens (tertiary/aromatic N) is 2. The van der Waals surface area contributed by atoms with E-state index in [0.717, 1.165) is 0 Å². The van der Waals surface area contributed by atoms with Gasteiger partial charge < -0.3 is 15.4 Å². The van der Waals surface area contributed by atoms with Gasteiger partial charge in [-0.05, 0) is 30.3 Å². The molecule has 0 aliphatic rings. The molecular formula is C20H16N4O5. The normalized spacial score (nSPS) is 10.1. The first-order valence-corrected chi connectivity index (χ1v) is 8.52. The van der Waals surface area contributed by atoms with Gasteiger partial charge in [-0.1, -0.05) is 30.3 Å². The molecule has 2 N–H and O–H groups in total. The molecule has 0 atom stereocenters. The first-order chi connectivity index (χ1) is 14.0. The summed E-state index contributed by atoms with van der Waals surface area (Å²) < 4.78 is 5.26. The number of anilines is 2. The van der Waals surface area contributed by atoms with Crippen molar-refractivity contribution in [1.29, 1.82) is 0 Å². The summed E-state index contributed by atoms with van der Waals surface area (Å²) in [5.41, 5.74) is 0.268. The Labute approximate surface area is 165 Å². The number of ether oxygens (including phenoxy) is 1. The number of aromatic nitrogens is 1. The van der Waals surface area contributed by atoms with Crippen molar-refractivity contribution in [2.24, 2.45) is 0 Å². The topological polar surface area (TPSA) is 123 Å². The molecule has 0 aliphatic heterocycles. The Hall–Kier alpha value is -4.27. The zero-order chi connectivity index (χ0) is 20.6. The molecule has 29 heavy (non-hydrogen) atoms. The smallest absolute Gasteiger partial charge is 0.310 e. The zero-order valence-corrected chi connectivity index (χ0v) is 15.1. The van der Waals surface area contributed by atoms with E-state index in [9.17, 15) is 19.7 Å². The Bertz CT molecular complexity index is 1040. The summed E-state index contributed by atoms with van der Waals surface area (Å²) in [6.45, 7) is -0.457. The van der Waals surface area contributed by atoms with E-state index in [1.165, 1.54) is 18.2 Å². The van der Waals surface area contributed by atoms with Crippen LogP contribution in [0.5, 0.6) is 5.75 Å². The number of hydrogen-bond donors (Lipinski definition) is 2. The van der Waals surface area contributed by atoms with Gasteiger partial charge in [0.15, 0.2) is 12.4 Å². The minimum Gasteiger partial charge on any atom is -0.477 e. The van der Waals surface area contributed by atoms with Crippen LogP contribution in [0.1, 0.15) is 10.4 Å². The summed E-state index contributed by atoms with van der Waals surface area (Å²) in [7, 11) is 0. The van der Waals surface area contributed by atoms with Crippen molar-refractivity contribution in [3.63, 3.8) is 0 Å². The third kappa shape index (κ3) is 5.13. The van der Waals surface area contributed by atoms with Gasteiger partial charge in [0, 0.05) is 12.3 Å². The number of nitro benzene ring substituents is 1. The van der Waals surface area contributed by atoms with Gasteiger partial charge in [0.2, 0.25) is 0 Å². The van der Waals surface area contributed by atoms with Gasteiger partial charge in [-0.25, -0.2) is 4.98 Å². The Kier molecular flexibility index (Phi) is 6.11. The van der Waals surface area contributed by atoms with E-state index in [2.05, 4.69) is 15.6 Å².